The van der Waals surface area contributed by atoms with Crippen molar-refractivity contribution in [2.45, 2.75) is 76.4 Å². The highest BCUT2D eigenvalue weighted by Crippen LogP contribution is 2.37. The number of anilines is 4. The molecule has 334 valence electrons. The Morgan fingerprint density at radius 3 is 1.52 bits per heavy atom. The molecule has 0 unspecified atom stereocenters. The lowest BCUT2D eigenvalue weighted by molar-refractivity contribution is 0.0448. The van der Waals surface area contributed by atoms with Gasteiger partial charge >= 0.3 is 6.09 Å². The Morgan fingerprint density at radius 2 is 1.13 bits per heavy atom. The van der Waals surface area contributed by atoms with E-state index in [-0.39, 0.29) is 11.6 Å². The topological polar surface area (TPSA) is 197 Å². The molecule has 0 aliphatic carbocycles. The van der Waals surface area contributed by atoms with Crippen LogP contribution in [0.5, 0.6) is 0 Å². The fourth-order valence-corrected chi connectivity index (χ4v) is 8.07. The number of nitrogens with two attached hydrogens (primary N) is 3. The number of hydrogen-bond donors (Lipinski definition) is 5. The van der Waals surface area contributed by atoms with Gasteiger partial charge in [0.1, 0.15) is 35.3 Å². The van der Waals surface area contributed by atoms with Gasteiger partial charge in [-0.15, -0.1) is 12.6 Å². The molecule has 0 atom stereocenters. The number of ether oxygens (including phenoxy) is 1. The van der Waals surface area contributed by atoms with Crippen molar-refractivity contribution < 1.29 is 9.53 Å². The Bertz CT molecular complexity index is 2380. The molecule has 1 fully saturated rings. The van der Waals surface area contributed by atoms with Gasteiger partial charge < -0.3 is 32.2 Å². The molecule has 13 nitrogen and oxygen atoms in total. The summed E-state index contributed by atoms with van der Waals surface area (Å²) in [5.41, 5.74) is 17.9. The molecular formula is C41H43Br3Cl3N11O2S3. The van der Waals surface area contributed by atoms with Gasteiger partial charge in [0.15, 0.2) is 0 Å². The molecule has 0 spiro atoms. The SMILES string of the molecule is Brc1cnc(Br)cn1.CC1(NC(=O)OC(C)(C)C)CCN(c2cnc(Sc3cccc(N)c3Cl)cn2)CC1.Nc1cccc(S)c1Cl.Nc1cccc(Sc2cnc(Br)cn2)c1Cl. The highest BCUT2D eigenvalue weighted by molar-refractivity contribution is 9.11. The largest absolute Gasteiger partial charge is 0.444 e. The minimum atomic E-state index is -0.508. The van der Waals surface area contributed by atoms with Gasteiger partial charge in [0.05, 0.1) is 69.3 Å². The number of piperidine rings is 1. The third kappa shape index (κ3) is 17.9. The zero-order chi connectivity index (χ0) is 46.3. The second-order valence-electron chi connectivity index (χ2n) is 14.4. The molecule has 6 aromatic rings. The van der Waals surface area contributed by atoms with Crippen LogP contribution in [-0.2, 0) is 4.74 Å². The molecule has 1 aliphatic rings. The van der Waals surface area contributed by atoms with Crippen LogP contribution in [0.3, 0.4) is 0 Å². The fourth-order valence-electron chi connectivity index (χ4n) is 5.06. The van der Waals surface area contributed by atoms with E-state index in [4.69, 9.17) is 56.7 Å². The van der Waals surface area contributed by atoms with E-state index in [0.29, 0.717) is 36.7 Å². The summed E-state index contributed by atoms with van der Waals surface area (Å²) in [5, 5.41) is 6.15. The molecule has 4 heterocycles. The van der Waals surface area contributed by atoms with Crippen LogP contribution in [0.4, 0.5) is 27.7 Å². The zero-order valence-electron chi connectivity index (χ0n) is 34.2. The van der Waals surface area contributed by atoms with E-state index >= 15 is 0 Å². The first-order valence-corrected chi connectivity index (χ1v) is 24.2. The van der Waals surface area contributed by atoms with Crippen LogP contribution in [0, 0.1) is 0 Å². The number of rotatable bonds is 6. The van der Waals surface area contributed by atoms with Crippen molar-refractivity contribution >= 4 is 148 Å². The van der Waals surface area contributed by atoms with Crippen molar-refractivity contribution in [3.63, 3.8) is 0 Å². The van der Waals surface area contributed by atoms with Crippen LogP contribution >= 0.6 is 119 Å². The molecule has 1 saturated heterocycles. The highest BCUT2D eigenvalue weighted by atomic mass is 79.9. The highest BCUT2D eigenvalue weighted by Gasteiger charge is 2.33. The third-order valence-electron chi connectivity index (χ3n) is 8.22. The van der Waals surface area contributed by atoms with Crippen LogP contribution in [0.25, 0.3) is 0 Å². The average Bonchev–Trinajstić information content (AvgIpc) is 3.23. The molecule has 7 rings (SSSR count). The second-order valence-corrected chi connectivity index (χ2v) is 20.6. The maximum Gasteiger partial charge on any atom is 0.408 e. The molecule has 1 aliphatic heterocycles. The van der Waals surface area contributed by atoms with Gasteiger partial charge in [-0.3, -0.25) is 0 Å². The molecule has 63 heavy (non-hydrogen) atoms. The number of hydrogen-bond acceptors (Lipinski definition) is 15. The Kier molecular flexibility index (Phi) is 20.7. The monoisotopic (exact) mass is 1160 g/mol. The molecule has 7 N–H and O–H groups in total. The Morgan fingerprint density at radius 1 is 0.698 bits per heavy atom. The molecule has 3 aromatic heterocycles. The van der Waals surface area contributed by atoms with Crippen molar-refractivity contribution in [1.82, 2.24) is 35.2 Å². The van der Waals surface area contributed by atoms with Gasteiger partial charge in [-0.25, -0.2) is 34.7 Å². The molecule has 0 bridgehead atoms. The van der Waals surface area contributed by atoms with Crippen LogP contribution in [-0.4, -0.2) is 60.2 Å². The molecule has 3 aromatic carbocycles. The van der Waals surface area contributed by atoms with Gasteiger partial charge in [-0.1, -0.05) is 76.5 Å². The number of halogens is 6. The first kappa shape index (κ1) is 52.4. The summed E-state index contributed by atoms with van der Waals surface area (Å²) in [4.78, 5) is 41.9. The predicted octanol–water partition coefficient (Wildman–Crippen LogP) is 12.6. The van der Waals surface area contributed by atoms with Crippen molar-refractivity contribution in [3.8, 4) is 0 Å². The summed E-state index contributed by atoms with van der Waals surface area (Å²) in [5.74, 6) is 0.817. The first-order valence-electron chi connectivity index (χ1n) is 18.6. The zero-order valence-corrected chi connectivity index (χ0v) is 43.8. The summed E-state index contributed by atoms with van der Waals surface area (Å²) in [6.45, 7) is 9.18. The normalized spacial score (nSPS) is 12.9. The Balaban J connectivity index is 0.000000217. The van der Waals surface area contributed by atoms with E-state index in [1.165, 1.54) is 23.5 Å². The number of thiol groups is 1. The number of nitrogens with one attached hydrogen (secondary N) is 1. The minimum Gasteiger partial charge on any atom is -0.444 e. The van der Waals surface area contributed by atoms with Gasteiger partial charge in [0, 0.05) is 33.3 Å². The van der Waals surface area contributed by atoms with E-state index in [1.54, 1.807) is 61.4 Å². The van der Waals surface area contributed by atoms with Gasteiger partial charge in [0.25, 0.3) is 0 Å². The molecule has 1 amide bonds. The standard InChI is InChI=1S/C21H28ClN5O2S.C10H7BrClN3S.C6H6ClNS.C4H2Br2N2/c1-20(2,3)29-19(28)26-21(4)8-10-27(11-9-21)16-12-25-17(13-24-16)30-15-7-5-6-14(23)18(15)22;11-8-4-15-9(5-14-8)16-7-3-1-2-6(13)10(7)12;7-6-4(8)2-1-3-5(6)9;5-3-1-7-4(6)2-8-3/h5-7,12-13H,8-11,23H2,1-4H3,(H,26,28);1-5H,13H2;1-3,9H,8H2;1-2H. The summed E-state index contributed by atoms with van der Waals surface area (Å²) < 4.78 is 7.59. The van der Waals surface area contributed by atoms with Crippen molar-refractivity contribution in [1.29, 1.82) is 0 Å². The predicted molar refractivity (Wildman–Crippen MR) is 272 cm³/mol. The number of nitrogens with zero attached hydrogens (tertiary/aromatic N) is 7. The van der Waals surface area contributed by atoms with Crippen molar-refractivity contribution in [2.24, 2.45) is 0 Å². The molecule has 0 saturated carbocycles. The summed E-state index contributed by atoms with van der Waals surface area (Å²) in [6.07, 6.45) is 11.3. The maximum absolute atomic E-state index is 12.1. The van der Waals surface area contributed by atoms with Crippen molar-refractivity contribution in [3.05, 3.63) is 121 Å². The number of alkyl carbamates (subject to hydrolysis) is 1. The smallest absolute Gasteiger partial charge is 0.408 e. The molecule has 0 radical (unpaired) electrons. The van der Waals surface area contributed by atoms with Crippen LogP contribution in [0.1, 0.15) is 40.5 Å². The number of aromatic nitrogens is 6. The second kappa shape index (κ2) is 24.9. The van der Waals surface area contributed by atoms with E-state index in [0.717, 1.165) is 65.7 Å². The van der Waals surface area contributed by atoms with Crippen LogP contribution in [0.2, 0.25) is 15.1 Å². The van der Waals surface area contributed by atoms with E-state index in [1.807, 2.05) is 51.1 Å². The third-order valence-corrected chi connectivity index (χ3v) is 13.4. The lowest BCUT2D eigenvalue weighted by atomic mass is 9.90. The lowest BCUT2D eigenvalue weighted by Gasteiger charge is -2.40. The first-order chi connectivity index (χ1) is 29.7. The number of carbonyl (C=O) groups is 1. The number of benzene rings is 3. The molecular weight excluding hydrogens is 1120 g/mol. The number of amides is 1. The summed E-state index contributed by atoms with van der Waals surface area (Å²) >= 11 is 34.4. The van der Waals surface area contributed by atoms with Crippen LogP contribution < -0.4 is 27.4 Å². The van der Waals surface area contributed by atoms with E-state index in [2.05, 4.69) is 107 Å². The molecule has 22 heteroatoms. The summed E-state index contributed by atoms with van der Waals surface area (Å²) in [6, 6.07) is 16.4. The van der Waals surface area contributed by atoms with Gasteiger partial charge in [0.2, 0.25) is 0 Å². The Labute approximate surface area is 421 Å². The number of carbonyl (C=O) groups excluding carboxylic acids is 1. The Hall–Kier alpha value is -3.27. The van der Waals surface area contributed by atoms with Gasteiger partial charge in [-0.2, -0.15) is 0 Å². The van der Waals surface area contributed by atoms with E-state index < -0.39 is 5.60 Å². The average molecular weight is 1160 g/mol. The quantitative estimate of drug-likeness (QED) is 0.0780. The van der Waals surface area contributed by atoms with Gasteiger partial charge in [-0.05, 0) is 125 Å². The minimum absolute atomic E-state index is 0.300. The van der Waals surface area contributed by atoms with E-state index in [9.17, 15) is 4.79 Å². The lowest BCUT2D eigenvalue weighted by Crippen LogP contribution is -2.54. The number of nitrogen functional groups attached to an aromatic ring is 3. The maximum atomic E-state index is 12.1. The van der Waals surface area contributed by atoms with Crippen LogP contribution in [0.15, 0.2) is 130 Å². The van der Waals surface area contributed by atoms with Crippen molar-refractivity contribution in [2.75, 3.05) is 35.2 Å². The fraction of sp³-hybridized carbons (Fsp3) is 0.244. The summed E-state index contributed by atoms with van der Waals surface area (Å²) in [7, 11) is 0.